The number of carbonyl (C=O) groups excluding carboxylic acids is 1. The average molecular weight is 451 g/mol. The van der Waals surface area contributed by atoms with Gasteiger partial charge < -0.3 is 14.6 Å². The van der Waals surface area contributed by atoms with Gasteiger partial charge in [-0.15, -0.1) is 0 Å². The summed E-state index contributed by atoms with van der Waals surface area (Å²) >= 11 is 6.00. The second kappa shape index (κ2) is 11.4. The first-order valence-corrected chi connectivity index (χ1v) is 10.8. The molecule has 0 bridgehead atoms. The van der Waals surface area contributed by atoms with Gasteiger partial charge in [-0.25, -0.2) is 9.18 Å². The molecule has 3 rings (SSSR count). The molecule has 0 radical (unpaired) electrons. The zero-order valence-electron chi connectivity index (χ0n) is 17.5. The molecule has 0 unspecified atom stereocenters. The third-order valence-electron chi connectivity index (χ3n) is 5.19. The predicted octanol–water partition coefficient (Wildman–Crippen LogP) is 3.14. The lowest BCUT2D eigenvalue weighted by molar-refractivity contribution is -0.150. The Labute approximate surface area is 187 Å². The molecule has 1 aliphatic rings. The van der Waals surface area contributed by atoms with Gasteiger partial charge in [-0.3, -0.25) is 9.80 Å². The number of ether oxygens (including phenoxy) is 2. The minimum Gasteiger partial charge on any atom is -0.491 e. The first-order valence-electron chi connectivity index (χ1n) is 10.4. The molecule has 1 aliphatic heterocycles. The fraction of sp³-hybridized carbons (Fsp3) is 0.435. The molecule has 2 atom stereocenters. The van der Waals surface area contributed by atoms with E-state index in [0.717, 1.165) is 5.56 Å². The van der Waals surface area contributed by atoms with Crippen molar-refractivity contribution in [2.75, 3.05) is 45.9 Å². The zero-order valence-corrected chi connectivity index (χ0v) is 18.3. The molecular formula is C23H28ClFN2O4. The van der Waals surface area contributed by atoms with Crippen molar-refractivity contribution < 1.29 is 23.8 Å². The van der Waals surface area contributed by atoms with Gasteiger partial charge in [-0.05, 0) is 48.9 Å². The molecule has 0 spiro atoms. The van der Waals surface area contributed by atoms with Crippen molar-refractivity contribution in [2.24, 2.45) is 0 Å². The Balaban J connectivity index is 1.51. The summed E-state index contributed by atoms with van der Waals surface area (Å²) in [5.74, 6) is -0.0815. The van der Waals surface area contributed by atoms with Crippen LogP contribution in [-0.4, -0.2) is 72.9 Å². The van der Waals surface area contributed by atoms with Crippen LogP contribution in [0.4, 0.5) is 4.39 Å². The number of aliphatic hydroxyl groups excluding tert-OH is 1. The van der Waals surface area contributed by atoms with Crippen LogP contribution in [-0.2, 0) is 9.53 Å². The standard InChI is InChI=1S/C23H28ClFN2O4/c1-2-30-23(29)22(17-3-5-18(24)6-4-17)27-13-11-26(12-14-27)15-20(28)16-31-21-9-7-19(25)8-10-21/h3-10,20,22,28H,2,11-16H2,1H3/t20-,22+/m1/s1. The van der Waals surface area contributed by atoms with Gasteiger partial charge in [0.2, 0.25) is 0 Å². The van der Waals surface area contributed by atoms with E-state index in [-0.39, 0.29) is 18.4 Å². The molecule has 168 valence electrons. The summed E-state index contributed by atoms with van der Waals surface area (Å²) in [4.78, 5) is 16.9. The van der Waals surface area contributed by atoms with Crippen molar-refractivity contribution in [1.29, 1.82) is 0 Å². The van der Waals surface area contributed by atoms with E-state index >= 15 is 0 Å². The predicted molar refractivity (Wildman–Crippen MR) is 117 cm³/mol. The van der Waals surface area contributed by atoms with Crippen LogP contribution in [0, 0.1) is 5.82 Å². The number of hydrogen-bond acceptors (Lipinski definition) is 6. The van der Waals surface area contributed by atoms with Crippen molar-refractivity contribution in [3.63, 3.8) is 0 Å². The van der Waals surface area contributed by atoms with Crippen molar-refractivity contribution in [3.05, 3.63) is 64.9 Å². The van der Waals surface area contributed by atoms with Crippen LogP contribution in [0.15, 0.2) is 48.5 Å². The van der Waals surface area contributed by atoms with Crippen LogP contribution >= 0.6 is 11.6 Å². The van der Waals surface area contributed by atoms with Crippen LogP contribution in [0.5, 0.6) is 5.75 Å². The highest BCUT2D eigenvalue weighted by molar-refractivity contribution is 6.30. The number of aliphatic hydroxyl groups is 1. The van der Waals surface area contributed by atoms with Gasteiger partial charge in [0.1, 0.15) is 30.3 Å². The summed E-state index contributed by atoms with van der Waals surface area (Å²) in [6.07, 6.45) is -0.672. The third-order valence-corrected chi connectivity index (χ3v) is 5.44. The topological polar surface area (TPSA) is 62.2 Å². The minimum atomic E-state index is -0.672. The first kappa shape index (κ1) is 23.5. The van der Waals surface area contributed by atoms with E-state index in [2.05, 4.69) is 9.80 Å². The van der Waals surface area contributed by atoms with E-state index in [9.17, 15) is 14.3 Å². The number of halogens is 2. The lowest BCUT2D eigenvalue weighted by Crippen LogP contribution is -2.51. The van der Waals surface area contributed by atoms with Crippen molar-refractivity contribution in [2.45, 2.75) is 19.1 Å². The lowest BCUT2D eigenvalue weighted by Gasteiger charge is -2.39. The molecule has 2 aromatic rings. The Kier molecular flexibility index (Phi) is 8.66. The van der Waals surface area contributed by atoms with E-state index in [1.165, 1.54) is 24.3 Å². The number of benzene rings is 2. The molecular weight excluding hydrogens is 423 g/mol. The highest BCUT2D eigenvalue weighted by Crippen LogP contribution is 2.25. The number of piperazine rings is 1. The number of rotatable bonds is 9. The quantitative estimate of drug-likeness (QED) is 0.592. The second-order valence-corrected chi connectivity index (χ2v) is 7.90. The number of esters is 1. The molecule has 1 saturated heterocycles. The Hall–Kier alpha value is -2.19. The van der Waals surface area contributed by atoms with Crippen LogP contribution in [0.25, 0.3) is 0 Å². The van der Waals surface area contributed by atoms with Gasteiger partial charge in [-0.1, -0.05) is 23.7 Å². The van der Waals surface area contributed by atoms with Gasteiger partial charge in [0.15, 0.2) is 0 Å². The summed E-state index contributed by atoms with van der Waals surface area (Å²) in [6.45, 7) is 5.44. The maximum absolute atomic E-state index is 13.0. The van der Waals surface area contributed by atoms with E-state index < -0.39 is 12.1 Å². The zero-order chi connectivity index (χ0) is 22.2. The van der Waals surface area contributed by atoms with Gasteiger partial charge in [0, 0.05) is 37.7 Å². The van der Waals surface area contributed by atoms with Crippen molar-refractivity contribution in [1.82, 2.24) is 9.80 Å². The Morgan fingerprint density at radius 1 is 1.10 bits per heavy atom. The molecule has 0 aliphatic carbocycles. The Bertz CT molecular complexity index is 826. The van der Waals surface area contributed by atoms with Crippen LogP contribution in [0.3, 0.4) is 0 Å². The summed E-state index contributed by atoms with van der Waals surface area (Å²) in [5, 5.41) is 10.9. The largest absolute Gasteiger partial charge is 0.491 e. The molecule has 0 amide bonds. The van der Waals surface area contributed by atoms with E-state index in [0.29, 0.717) is 50.1 Å². The van der Waals surface area contributed by atoms with Gasteiger partial charge >= 0.3 is 5.97 Å². The molecule has 0 aromatic heterocycles. The molecule has 1 N–H and O–H groups in total. The fourth-order valence-electron chi connectivity index (χ4n) is 3.64. The second-order valence-electron chi connectivity index (χ2n) is 7.46. The molecule has 1 heterocycles. The molecule has 2 aromatic carbocycles. The average Bonchev–Trinajstić information content (AvgIpc) is 2.76. The summed E-state index contributed by atoms with van der Waals surface area (Å²) < 4.78 is 23.8. The smallest absolute Gasteiger partial charge is 0.328 e. The summed E-state index contributed by atoms with van der Waals surface area (Å²) in [6, 6.07) is 12.5. The van der Waals surface area contributed by atoms with Crippen LogP contribution < -0.4 is 4.74 Å². The molecule has 6 nitrogen and oxygen atoms in total. The maximum Gasteiger partial charge on any atom is 0.328 e. The summed E-state index contributed by atoms with van der Waals surface area (Å²) in [7, 11) is 0. The summed E-state index contributed by atoms with van der Waals surface area (Å²) in [5.41, 5.74) is 0.851. The molecule has 1 fully saturated rings. The molecule has 8 heteroatoms. The lowest BCUT2D eigenvalue weighted by atomic mass is 10.0. The van der Waals surface area contributed by atoms with Crippen molar-refractivity contribution >= 4 is 17.6 Å². The SMILES string of the molecule is CCOC(=O)[C@H](c1ccc(Cl)cc1)N1CCN(C[C@@H](O)COc2ccc(F)cc2)CC1. The molecule has 0 saturated carbocycles. The number of hydrogen-bond donors (Lipinski definition) is 1. The van der Waals surface area contributed by atoms with E-state index in [1.807, 2.05) is 12.1 Å². The number of carbonyl (C=O) groups is 1. The normalized spacial score (nSPS) is 17.2. The third kappa shape index (κ3) is 6.90. The van der Waals surface area contributed by atoms with Gasteiger partial charge in [-0.2, -0.15) is 0 Å². The van der Waals surface area contributed by atoms with Gasteiger partial charge in [0.25, 0.3) is 0 Å². The van der Waals surface area contributed by atoms with Crippen LogP contribution in [0.1, 0.15) is 18.5 Å². The minimum absolute atomic E-state index is 0.127. The molecule has 31 heavy (non-hydrogen) atoms. The van der Waals surface area contributed by atoms with Gasteiger partial charge in [0.05, 0.1) is 6.61 Å². The van der Waals surface area contributed by atoms with E-state index in [1.54, 1.807) is 19.1 Å². The first-order chi connectivity index (χ1) is 15.0. The Morgan fingerprint density at radius 2 is 1.74 bits per heavy atom. The fourth-order valence-corrected chi connectivity index (χ4v) is 3.77. The highest BCUT2D eigenvalue weighted by atomic mass is 35.5. The Morgan fingerprint density at radius 3 is 2.35 bits per heavy atom. The van der Waals surface area contributed by atoms with Crippen molar-refractivity contribution in [3.8, 4) is 5.75 Å². The number of β-amino-alcohol motifs (C(OH)–C–C–N with tert-alkyl or cyclic N) is 1. The number of nitrogens with zero attached hydrogens (tertiary/aromatic N) is 2. The van der Waals surface area contributed by atoms with E-state index in [4.69, 9.17) is 21.1 Å². The van der Waals surface area contributed by atoms with Crippen LogP contribution in [0.2, 0.25) is 5.02 Å². The maximum atomic E-state index is 13.0. The monoisotopic (exact) mass is 450 g/mol. The highest BCUT2D eigenvalue weighted by Gasteiger charge is 2.32.